The first kappa shape index (κ1) is 14.8. The number of rotatable bonds is 3. The Morgan fingerprint density at radius 3 is 2.43 bits per heavy atom. The van der Waals surface area contributed by atoms with Crippen LogP contribution in [-0.4, -0.2) is 22.0 Å². The Balaban J connectivity index is 2.46. The standard InChI is InChI=1S/C14H11ClN2O4/c1-7(18)8-2-4-9(5-3-8)11-6-10(16)12(15)13(17-11)21-14(19)20/h2-6H,1H3,(H2,16,17)(H,19,20). The van der Waals surface area contributed by atoms with Crippen LogP contribution in [0.5, 0.6) is 5.88 Å². The van der Waals surface area contributed by atoms with Gasteiger partial charge in [0.2, 0.25) is 5.88 Å². The van der Waals surface area contributed by atoms with E-state index in [0.29, 0.717) is 16.8 Å². The molecule has 0 spiro atoms. The van der Waals surface area contributed by atoms with E-state index in [1.807, 2.05) is 0 Å². The van der Waals surface area contributed by atoms with Crippen LogP contribution in [0.2, 0.25) is 5.02 Å². The molecule has 108 valence electrons. The maximum absolute atomic E-state index is 11.2. The number of hydrogen-bond donors (Lipinski definition) is 2. The fraction of sp³-hybridized carbons (Fsp3) is 0.0714. The number of halogens is 1. The Labute approximate surface area is 125 Å². The highest BCUT2D eigenvalue weighted by molar-refractivity contribution is 6.34. The molecule has 0 aliphatic carbocycles. The molecule has 0 atom stereocenters. The largest absolute Gasteiger partial charge is 0.512 e. The van der Waals surface area contributed by atoms with Crippen molar-refractivity contribution in [3.63, 3.8) is 0 Å². The molecule has 0 saturated carbocycles. The Kier molecular flexibility index (Phi) is 4.09. The first-order valence-corrected chi connectivity index (χ1v) is 6.24. The summed E-state index contributed by atoms with van der Waals surface area (Å²) in [6.45, 7) is 1.46. The molecule has 0 aliphatic heterocycles. The van der Waals surface area contributed by atoms with Gasteiger partial charge in [0.15, 0.2) is 5.78 Å². The van der Waals surface area contributed by atoms with Crippen LogP contribution in [0.15, 0.2) is 30.3 Å². The maximum Gasteiger partial charge on any atom is 0.512 e. The van der Waals surface area contributed by atoms with Crippen molar-refractivity contribution in [2.24, 2.45) is 0 Å². The monoisotopic (exact) mass is 306 g/mol. The molecule has 3 N–H and O–H groups in total. The molecule has 0 aliphatic rings. The molecule has 0 fully saturated rings. The van der Waals surface area contributed by atoms with E-state index in [2.05, 4.69) is 9.72 Å². The summed E-state index contributed by atoms with van der Waals surface area (Å²) < 4.78 is 4.49. The summed E-state index contributed by atoms with van der Waals surface area (Å²) in [5.41, 5.74) is 7.46. The number of carbonyl (C=O) groups is 2. The Bertz CT molecular complexity index is 714. The molecule has 6 nitrogen and oxygen atoms in total. The van der Waals surface area contributed by atoms with Gasteiger partial charge in [-0.2, -0.15) is 0 Å². The zero-order valence-corrected chi connectivity index (χ0v) is 11.7. The molecular formula is C14H11ClN2O4. The van der Waals surface area contributed by atoms with Crippen molar-refractivity contribution in [1.29, 1.82) is 0 Å². The maximum atomic E-state index is 11.2. The molecular weight excluding hydrogens is 296 g/mol. The zero-order valence-electron chi connectivity index (χ0n) is 11.0. The third kappa shape index (κ3) is 3.29. The predicted molar refractivity (Wildman–Crippen MR) is 77.8 cm³/mol. The van der Waals surface area contributed by atoms with Crippen molar-refractivity contribution in [3.05, 3.63) is 40.9 Å². The molecule has 0 unspecified atom stereocenters. The number of nitrogens with two attached hydrogens (primary N) is 1. The summed E-state index contributed by atoms with van der Waals surface area (Å²) in [5.74, 6) is -0.338. The number of Topliss-reactive ketones (excluding diaryl/α,β-unsaturated/α-hetero) is 1. The molecule has 0 saturated heterocycles. The fourth-order valence-electron chi connectivity index (χ4n) is 1.70. The van der Waals surface area contributed by atoms with Gasteiger partial charge in [-0.3, -0.25) is 4.79 Å². The Morgan fingerprint density at radius 1 is 1.29 bits per heavy atom. The number of pyridine rings is 1. The van der Waals surface area contributed by atoms with Crippen molar-refractivity contribution in [2.75, 3.05) is 5.73 Å². The lowest BCUT2D eigenvalue weighted by molar-refractivity contribution is 0.101. The van der Waals surface area contributed by atoms with E-state index in [0.717, 1.165) is 0 Å². The quantitative estimate of drug-likeness (QED) is 0.666. The number of aromatic nitrogens is 1. The Morgan fingerprint density at radius 2 is 1.90 bits per heavy atom. The van der Waals surface area contributed by atoms with Gasteiger partial charge in [0, 0.05) is 11.1 Å². The smallest absolute Gasteiger partial charge is 0.449 e. The number of ketones is 1. The summed E-state index contributed by atoms with van der Waals surface area (Å²) in [6, 6.07) is 8.14. The summed E-state index contributed by atoms with van der Waals surface area (Å²) in [4.78, 5) is 25.8. The van der Waals surface area contributed by atoms with Crippen molar-refractivity contribution in [3.8, 4) is 17.1 Å². The lowest BCUT2D eigenvalue weighted by atomic mass is 10.1. The minimum atomic E-state index is -1.53. The minimum absolute atomic E-state index is 0.0555. The molecule has 2 rings (SSSR count). The van der Waals surface area contributed by atoms with E-state index in [-0.39, 0.29) is 22.4 Å². The summed E-state index contributed by atoms with van der Waals surface area (Å²) in [6.07, 6.45) is -1.53. The van der Waals surface area contributed by atoms with Gasteiger partial charge in [0.25, 0.3) is 0 Å². The summed E-state index contributed by atoms with van der Waals surface area (Å²) >= 11 is 5.84. The van der Waals surface area contributed by atoms with Gasteiger partial charge in [-0.1, -0.05) is 35.9 Å². The number of anilines is 1. The highest BCUT2D eigenvalue weighted by atomic mass is 35.5. The molecule has 0 bridgehead atoms. The highest BCUT2D eigenvalue weighted by Crippen LogP contribution is 2.32. The van der Waals surface area contributed by atoms with Gasteiger partial charge >= 0.3 is 6.16 Å². The van der Waals surface area contributed by atoms with Crippen LogP contribution in [0.3, 0.4) is 0 Å². The third-order valence-corrected chi connectivity index (χ3v) is 3.11. The second kappa shape index (κ2) is 5.80. The number of ether oxygens (including phenoxy) is 1. The lowest BCUT2D eigenvalue weighted by Crippen LogP contribution is -2.06. The summed E-state index contributed by atoms with van der Waals surface area (Å²) in [7, 11) is 0. The van der Waals surface area contributed by atoms with Crippen molar-refractivity contribution >= 4 is 29.2 Å². The van der Waals surface area contributed by atoms with E-state index in [4.69, 9.17) is 22.4 Å². The Hall–Kier alpha value is -2.60. The SMILES string of the molecule is CC(=O)c1ccc(-c2cc(N)c(Cl)c(OC(=O)O)n2)cc1. The van der Waals surface area contributed by atoms with Gasteiger partial charge in [0.1, 0.15) is 5.02 Å². The van der Waals surface area contributed by atoms with Crippen molar-refractivity contribution in [2.45, 2.75) is 6.92 Å². The number of nitrogens with zero attached hydrogens (tertiary/aromatic N) is 1. The van der Waals surface area contributed by atoms with Crippen LogP contribution in [0.1, 0.15) is 17.3 Å². The van der Waals surface area contributed by atoms with Gasteiger partial charge in [0.05, 0.1) is 11.4 Å². The van der Waals surface area contributed by atoms with E-state index in [1.165, 1.54) is 13.0 Å². The van der Waals surface area contributed by atoms with Crippen LogP contribution in [0.4, 0.5) is 10.5 Å². The molecule has 7 heteroatoms. The number of benzene rings is 1. The molecule has 0 radical (unpaired) electrons. The molecule has 21 heavy (non-hydrogen) atoms. The van der Waals surface area contributed by atoms with Gasteiger partial charge in [-0.05, 0) is 13.0 Å². The first-order valence-electron chi connectivity index (χ1n) is 5.86. The number of carbonyl (C=O) groups excluding carboxylic acids is 1. The van der Waals surface area contributed by atoms with Crippen LogP contribution in [0.25, 0.3) is 11.3 Å². The van der Waals surface area contributed by atoms with Crippen molar-refractivity contribution in [1.82, 2.24) is 4.98 Å². The van der Waals surface area contributed by atoms with E-state index >= 15 is 0 Å². The molecule has 2 aromatic rings. The van der Waals surface area contributed by atoms with Crippen molar-refractivity contribution < 1.29 is 19.4 Å². The molecule has 1 aromatic heterocycles. The van der Waals surface area contributed by atoms with Crippen LogP contribution in [0, 0.1) is 0 Å². The average molecular weight is 307 g/mol. The molecule has 1 heterocycles. The third-order valence-electron chi connectivity index (χ3n) is 2.73. The van der Waals surface area contributed by atoms with E-state index in [1.54, 1.807) is 24.3 Å². The molecule has 1 aromatic carbocycles. The predicted octanol–water partition coefficient (Wildman–Crippen LogP) is 3.24. The van der Waals surface area contributed by atoms with Crippen LogP contribution >= 0.6 is 11.6 Å². The normalized spacial score (nSPS) is 10.2. The number of carboxylic acid groups (broad SMARTS) is 1. The minimum Gasteiger partial charge on any atom is -0.449 e. The number of hydrogen-bond acceptors (Lipinski definition) is 5. The van der Waals surface area contributed by atoms with Gasteiger partial charge in [-0.15, -0.1) is 0 Å². The lowest BCUT2D eigenvalue weighted by Gasteiger charge is -2.08. The topological polar surface area (TPSA) is 103 Å². The van der Waals surface area contributed by atoms with E-state index < -0.39 is 6.16 Å². The van der Waals surface area contributed by atoms with E-state index in [9.17, 15) is 9.59 Å². The second-order valence-corrected chi connectivity index (χ2v) is 4.60. The average Bonchev–Trinajstić information content (AvgIpc) is 2.43. The molecule has 0 amide bonds. The second-order valence-electron chi connectivity index (χ2n) is 4.22. The van der Waals surface area contributed by atoms with Crippen LogP contribution in [-0.2, 0) is 0 Å². The highest BCUT2D eigenvalue weighted by Gasteiger charge is 2.14. The fourth-order valence-corrected chi connectivity index (χ4v) is 1.83. The van der Waals surface area contributed by atoms with Gasteiger partial charge in [-0.25, -0.2) is 9.78 Å². The first-order chi connectivity index (χ1) is 9.88. The van der Waals surface area contributed by atoms with Gasteiger partial charge < -0.3 is 15.6 Å². The summed E-state index contributed by atoms with van der Waals surface area (Å²) in [5, 5.41) is 8.57. The zero-order chi connectivity index (χ0) is 15.6. The van der Waals surface area contributed by atoms with Crippen LogP contribution < -0.4 is 10.5 Å². The number of nitrogen functional groups attached to an aromatic ring is 1.